The normalized spacial score (nSPS) is 16.4. The van der Waals surface area contributed by atoms with Crippen LogP contribution in [0.1, 0.15) is 23.2 Å². The number of rotatable bonds is 3. The van der Waals surface area contributed by atoms with Crippen LogP contribution in [-0.4, -0.2) is 41.6 Å². The molecule has 0 bridgehead atoms. The van der Waals surface area contributed by atoms with Crippen molar-refractivity contribution in [3.05, 3.63) is 20.8 Å². The van der Waals surface area contributed by atoms with Crippen molar-refractivity contribution in [2.75, 3.05) is 19.6 Å². The van der Waals surface area contributed by atoms with Gasteiger partial charge in [0.2, 0.25) is 0 Å². The number of halogens is 1. The number of hydrogen-bond donors (Lipinski definition) is 2. The lowest BCUT2D eigenvalue weighted by atomic mass is 9.97. The smallest absolute Gasteiger partial charge is 0.407 e. The Kier molecular flexibility index (Phi) is 4.81. The van der Waals surface area contributed by atoms with Crippen LogP contribution in [0.5, 0.6) is 0 Å². The highest BCUT2D eigenvalue weighted by molar-refractivity contribution is 9.10. The van der Waals surface area contributed by atoms with Gasteiger partial charge in [-0.1, -0.05) is 0 Å². The summed E-state index contributed by atoms with van der Waals surface area (Å²) in [4.78, 5) is 24.1. The van der Waals surface area contributed by atoms with Crippen molar-refractivity contribution >= 4 is 39.3 Å². The van der Waals surface area contributed by atoms with Crippen molar-refractivity contribution < 1.29 is 14.7 Å². The van der Waals surface area contributed by atoms with Crippen LogP contribution in [0.2, 0.25) is 0 Å². The van der Waals surface area contributed by atoms with E-state index in [-0.39, 0.29) is 5.91 Å². The second kappa shape index (κ2) is 6.38. The molecule has 7 heteroatoms. The fourth-order valence-corrected chi connectivity index (χ4v) is 3.56. The Morgan fingerprint density at radius 1 is 1.42 bits per heavy atom. The van der Waals surface area contributed by atoms with Crippen molar-refractivity contribution in [3.63, 3.8) is 0 Å². The Morgan fingerprint density at radius 2 is 2.11 bits per heavy atom. The highest BCUT2D eigenvalue weighted by Gasteiger charge is 2.22. The molecule has 1 aromatic heterocycles. The maximum atomic E-state index is 11.9. The summed E-state index contributed by atoms with van der Waals surface area (Å²) in [5.74, 6) is 0.283. The molecule has 0 aliphatic carbocycles. The van der Waals surface area contributed by atoms with E-state index in [0.717, 1.165) is 17.3 Å². The highest BCUT2D eigenvalue weighted by Crippen LogP contribution is 2.21. The summed E-state index contributed by atoms with van der Waals surface area (Å²) in [6, 6.07) is 0. The van der Waals surface area contributed by atoms with Gasteiger partial charge in [0.25, 0.3) is 5.91 Å². The topological polar surface area (TPSA) is 69.6 Å². The Hall–Kier alpha value is -1.08. The summed E-state index contributed by atoms with van der Waals surface area (Å²) in [7, 11) is 0. The number of nitrogens with one attached hydrogen (secondary N) is 1. The first kappa shape index (κ1) is 14.3. The molecule has 2 N–H and O–H groups in total. The van der Waals surface area contributed by atoms with Crippen LogP contribution in [0.25, 0.3) is 0 Å². The van der Waals surface area contributed by atoms with Crippen molar-refractivity contribution in [1.29, 1.82) is 0 Å². The monoisotopic (exact) mass is 346 g/mol. The van der Waals surface area contributed by atoms with Gasteiger partial charge in [-0.3, -0.25) is 4.79 Å². The minimum Gasteiger partial charge on any atom is -0.465 e. The molecular weight excluding hydrogens is 332 g/mol. The summed E-state index contributed by atoms with van der Waals surface area (Å²) >= 11 is 4.81. The van der Waals surface area contributed by atoms with Gasteiger partial charge in [-0.15, -0.1) is 0 Å². The summed E-state index contributed by atoms with van der Waals surface area (Å²) < 4.78 is 0.815. The molecule has 2 rings (SSSR count). The fourth-order valence-electron chi connectivity index (χ4n) is 2.10. The maximum Gasteiger partial charge on any atom is 0.407 e. The lowest BCUT2D eigenvalue weighted by Crippen LogP contribution is -2.40. The van der Waals surface area contributed by atoms with Crippen molar-refractivity contribution in [1.82, 2.24) is 10.2 Å². The average molecular weight is 347 g/mol. The predicted molar refractivity (Wildman–Crippen MR) is 76.7 cm³/mol. The first-order valence-corrected chi connectivity index (χ1v) is 7.79. The first-order chi connectivity index (χ1) is 9.08. The molecule has 1 saturated heterocycles. The van der Waals surface area contributed by atoms with Gasteiger partial charge in [-0.25, -0.2) is 4.79 Å². The van der Waals surface area contributed by atoms with Gasteiger partial charge < -0.3 is 15.3 Å². The Bertz CT molecular complexity index is 469. The van der Waals surface area contributed by atoms with Crippen LogP contribution in [0.15, 0.2) is 15.2 Å². The molecule has 104 valence electrons. The zero-order chi connectivity index (χ0) is 13.8. The van der Waals surface area contributed by atoms with Crippen molar-refractivity contribution in [2.45, 2.75) is 12.8 Å². The SMILES string of the molecule is O=C(NCC1CCN(C(=O)O)CC1)c1cscc1Br. The number of hydrogen-bond acceptors (Lipinski definition) is 3. The van der Waals surface area contributed by atoms with E-state index in [9.17, 15) is 9.59 Å². The molecule has 0 saturated carbocycles. The van der Waals surface area contributed by atoms with Gasteiger partial charge in [0, 0.05) is 34.9 Å². The average Bonchev–Trinajstić information content (AvgIpc) is 2.83. The molecule has 1 aliphatic rings. The number of carbonyl (C=O) groups excluding carboxylic acids is 1. The van der Waals surface area contributed by atoms with Gasteiger partial charge in [-0.2, -0.15) is 11.3 Å². The Labute approximate surface area is 123 Å². The molecule has 2 amide bonds. The molecule has 1 aromatic rings. The van der Waals surface area contributed by atoms with Gasteiger partial charge in [-0.05, 0) is 34.7 Å². The summed E-state index contributed by atoms with van der Waals surface area (Å²) in [5, 5.41) is 15.4. The molecule has 2 heterocycles. The minimum absolute atomic E-state index is 0.0752. The zero-order valence-corrected chi connectivity index (χ0v) is 12.7. The van der Waals surface area contributed by atoms with E-state index in [1.807, 2.05) is 10.8 Å². The van der Waals surface area contributed by atoms with Crippen LogP contribution >= 0.6 is 27.3 Å². The van der Waals surface area contributed by atoms with E-state index in [1.165, 1.54) is 16.2 Å². The quantitative estimate of drug-likeness (QED) is 0.883. The lowest BCUT2D eigenvalue weighted by Gasteiger charge is -2.29. The number of likely N-dealkylation sites (tertiary alicyclic amines) is 1. The molecule has 0 radical (unpaired) electrons. The standard InChI is InChI=1S/C12H15BrN2O3S/c13-10-7-19-6-9(10)11(16)14-5-8-1-3-15(4-2-8)12(17)18/h6-8H,1-5H2,(H,14,16)(H,17,18). The van der Waals surface area contributed by atoms with Crippen LogP contribution in [-0.2, 0) is 0 Å². The molecule has 0 aromatic carbocycles. The number of nitrogens with zero attached hydrogens (tertiary/aromatic N) is 1. The van der Waals surface area contributed by atoms with E-state index in [0.29, 0.717) is 31.1 Å². The van der Waals surface area contributed by atoms with Crippen LogP contribution in [0.3, 0.4) is 0 Å². The van der Waals surface area contributed by atoms with Gasteiger partial charge >= 0.3 is 6.09 Å². The third kappa shape index (κ3) is 3.70. The third-order valence-corrected chi connectivity index (χ3v) is 5.00. The van der Waals surface area contributed by atoms with Gasteiger partial charge in [0.1, 0.15) is 0 Å². The zero-order valence-electron chi connectivity index (χ0n) is 10.3. The van der Waals surface area contributed by atoms with Crippen molar-refractivity contribution in [2.24, 2.45) is 5.92 Å². The van der Waals surface area contributed by atoms with E-state index in [2.05, 4.69) is 21.2 Å². The van der Waals surface area contributed by atoms with Gasteiger partial charge in [0.15, 0.2) is 0 Å². The Balaban J connectivity index is 1.77. The van der Waals surface area contributed by atoms with Crippen LogP contribution in [0.4, 0.5) is 4.79 Å². The minimum atomic E-state index is -0.857. The molecule has 19 heavy (non-hydrogen) atoms. The molecule has 1 aliphatic heterocycles. The van der Waals surface area contributed by atoms with E-state index in [4.69, 9.17) is 5.11 Å². The number of piperidine rings is 1. The molecule has 0 atom stereocenters. The molecule has 1 fully saturated rings. The molecule has 0 unspecified atom stereocenters. The number of amides is 2. The molecule has 0 spiro atoms. The highest BCUT2D eigenvalue weighted by atomic mass is 79.9. The summed E-state index contributed by atoms with van der Waals surface area (Å²) in [5.41, 5.74) is 0.660. The van der Waals surface area contributed by atoms with Gasteiger partial charge in [0.05, 0.1) is 5.56 Å². The summed E-state index contributed by atoms with van der Waals surface area (Å²) in [6.07, 6.45) is 0.749. The molecular formula is C12H15BrN2O3S. The first-order valence-electron chi connectivity index (χ1n) is 6.05. The number of thiophene rings is 1. The second-order valence-electron chi connectivity index (χ2n) is 4.56. The summed E-state index contributed by atoms with van der Waals surface area (Å²) in [6.45, 7) is 1.71. The van der Waals surface area contributed by atoms with Crippen molar-refractivity contribution in [3.8, 4) is 0 Å². The largest absolute Gasteiger partial charge is 0.465 e. The number of carbonyl (C=O) groups is 2. The van der Waals surface area contributed by atoms with E-state index >= 15 is 0 Å². The second-order valence-corrected chi connectivity index (χ2v) is 6.15. The molecule has 5 nitrogen and oxygen atoms in total. The van der Waals surface area contributed by atoms with E-state index < -0.39 is 6.09 Å². The number of carboxylic acid groups (broad SMARTS) is 1. The van der Waals surface area contributed by atoms with E-state index in [1.54, 1.807) is 0 Å². The fraction of sp³-hybridized carbons (Fsp3) is 0.500. The maximum absolute atomic E-state index is 11.9. The Morgan fingerprint density at radius 3 is 2.63 bits per heavy atom. The van der Waals surface area contributed by atoms with Crippen LogP contribution in [0, 0.1) is 5.92 Å². The van der Waals surface area contributed by atoms with Crippen LogP contribution < -0.4 is 5.32 Å². The third-order valence-electron chi connectivity index (χ3n) is 3.30. The predicted octanol–water partition coefficient (Wildman–Crippen LogP) is 2.63. The lowest BCUT2D eigenvalue weighted by molar-refractivity contribution is 0.0928.